The van der Waals surface area contributed by atoms with Crippen molar-refractivity contribution in [1.29, 1.82) is 0 Å². The summed E-state index contributed by atoms with van der Waals surface area (Å²) in [6.07, 6.45) is 13.2. The van der Waals surface area contributed by atoms with Crippen LogP contribution in [0.15, 0.2) is 73.8 Å². The third-order valence-corrected chi connectivity index (χ3v) is 5.23. The van der Waals surface area contributed by atoms with E-state index in [2.05, 4.69) is 86.9 Å². The Bertz CT molecular complexity index is 830. The molecule has 1 aromatic carbocycles. The smallest absolute Gasteiger partial charge is 0.148 e. The van der Waals surface area contributed by atoms with Crippen LogP contribution in [0.5, 0.6) is 5.75 Å². The summed E-state index contributed by atoms with van der Waals surface area (Å²) in [6.45, 7) is 12.3. The van der Waals surface area contributed by atoms with E-state index < -0.39 is 0 Å². The number of ketones is 1. The normalized spacial score (nSPS) is 12.1. The van der Waals surface area contributed by atoms with Gasteiger partial charge in [0.25, 0.3) is 0 Å². The number of phenols is 1. The number of aromatic hydroxyl groups is 1. The van der Waals surface area contributed by atoms with Crippen LogP contribution in [0.1, 0.15) is 52.5 Å². The van der Waals surface area contributed by atoms with Gasteiger partial charge >= 0.3 is 0 Å². The van der Waals surface area contributed by atoms with Crippen LogP contribution in [0, 0.1) is 0 Å². The van der Waals surface area contributed by atoms with Crippen LogP contribution >= 0.6 is 31.9 Å². The Morgan fingerprint density at radius 2 is 1.81 bits per heavy atom. The number of Topliss-reactive ketones (excluding diaryl/α,β-unsaturated/α-hetero) is 1. The van der Waals surface area contributed by atoms with E-state index in [0.717, 1.165) is 41.7 Å². The minimum Gasteiger partial charge on any atom is -0.506 e. The Labute approximate surface area is 204 Å². The first kappa shape index (κ1) is 29.1. The number of phenolic OH excluding ortho intramolecular Hbond substituents is 1. The number of hydrogen-bond acceptors (Lipinski definition) is 4. The molecule has 1 rings (SSSR count). The molecule has 1 aromatic rings. The average molecular weight is 554 g/mol. The summed E-state index contributed by atoms with van der Waals surface area (Å²) in [4.78, 5) is 14.8. The van der Waals surface area contributed by atoms with Crippen molar-refractivity contribution in [2.24, 2.45) is 4.99 Å². The van der Waals surface area contributed by atoms with Crippen LogP contribution < -0.4 is 5.32 Å². The van der Waals surface area contributed by atoms with Crippen molar-refractivity contribution in [2.45, 2.75) is 47.0 Å². The molecular formula is C25H34Br2N2O2. The van der Waals surface area contributed by atoms with Gasteiger partial charge in [0, 0.05) is 19.0 Å². The first-order valence-electron chi connectivity index (χ1n) is 10.2. The lowest BCUT2D eigenvalue weighted by molar-refractivity contribution is -0.116. The van der Waals surface area contributed by atoms with Crippen LogP contribution in [-0.2, 0) is 4.79 Å². The van der Waals surface area contributed by atoms with E-state index in [-0.39, 0.29) is 11.5 Å². The molecule has 4 nitrogen and oxygen atoms in total. The molecule has 0 unspecified atom stereocenters. The summed E-state index contributed by atoms with van der Waals surface area (Å²) in [5.74, 6) is 0.349. The van der Waals surface area contributed by atoms with E-state index in [4.69, 9.17) is 0 Å². The molecule has 6 heteroatoms. The maximum Gasteiger partial charge on any atom is 0.148 e. The van der Waals surface area contributed by atoms with Gasteiger partial charge in [-0.2, -0.15) is 0 Å². The standard InChI is InChI=1S/C17H27NO.C8H7Br2NO/c1-6-8-9-10-11-17(14(3)7-2)12-15(4)18-13-16(5)19;1-11-4-5-2-6(9)8(12)7(10)3-5/h8-9,11-12,18H,3,6-7,10,13H2,1-2,4-5H3;2-4,12H,1H3/b9-8-,15-12+,17-11-;. The Hall–Kier alpha value is -1.92. The van der Waals surface area contributed by atoms with Crippen LogP contribution in [0.3, 0.4) is 0 Å². The van der Waals surface area contributed by atoms with Crippen LogP contribution in [0.2, 0.25) is 0 Å². The van der Waals surface area contributed by atoms with E-state index >= 15 is 0 Å². The molecule has 2 N–H and O–H groups in total. The van der Waals surface area contributed by atoms with Gasteiger partial charge in [0.05, 0.1) is 15.5 Å². The maximum absolute atomic E-state index is 10.9. The van der Waals surface area contributed by atoms with Crippen molar-refractivity contribution >= 4 is 43.9 Å². The maximum atomic E-state index is 10.9. The summed E-state index contributed by atoms with van der Waals surface area (Å²) >= 11 is 6.45. The molecule has 0 saturated heterocycles. The van der Waals surface area contributed by atoms with E-state index in [1.165, 1.54) is 0 Å². The zero-order chi connectivity index (χ0) is 23.8. The molecule has 0 radical (unpaired) electrons. The average Bonchev–Trinajstić information content (AvgIpc) is 2.72. The van der Waals surface area contributed by atoms with Gasteiger partial charge < -0.3 is 10.4 Å². The fourth-order valence-corrected chi connectivity index (χ4v) is 3.55. The van der Waals surface area contributed by atoms with Crippen molar-refractivity contribution in [2.75, 3.05) is 13.6 Å². The summed E-state index contributed by atoms with van der Waals surface area (Å²) in [5.41, 5.74) is 4.20. The fourth-order valence-electron chi connectivity index (χ4n) is 2.32. The zero-order valence-corrected chi connectivity index (χ0v) is 22.3. The molecule has 0 amide bonds. The van der Waals surface area contributed by atoms with Crippen molar-refractivity contribution in [3.05, 3.63) is 74.4 Å². The molecule has 0 aliphatic rings. The monoisotopic (exact) mass is 552 g/mol. The number of halogens is 2. The van der Waals surface area contributed by atoms with Gasteiger partial charge in [-0.1, -0.05) is 38.7 Å². The summed E-state index contributed by atoms with van der Waals surface area (Å²) < 4.78 is 1.32. The molecule has 31 heavy (non-hydrogen) atoms. The second-order valence-electron chi connectivity index (χ2n) is 6.84. The molecular weight excluding hydrogens is 520 g/mol. The number of nitrogens with zero attached hydrogens (tertiary/aromatic N) is 1. The molecule has 0 saturated carbocycles. The van der Waals surface area contributed by atoms with Gasteiger partial charge in [0.2, 0.25) is 0 Å². The lowest BCUT2D eigenvalue weighted by Crippen LogP contribution is -2.18. The van der Waals surface area contributed by atoms with E-state index in [9.17, 15) is 9.90 Å². The van der Waals surface area contributed by atoms with Crippen molar-refractivity contribution in [1.82, 2.24) is 5.32 Å². The predicted molar refractivity (Wildman–Crippen MR) is 141 cm³/mol. The molecule has 0 aliphatic heterocycles. The quantitative estimate of drug-likeness (QED) is 0.182. The third kappa shape index (κ3) is 13.2. The topological polar surface area (TPSA) is 61.7 Å². The van der Waals surface area contributed by atoms with Crippen LogP contribution in [0.25, 0.3) is 0 Å². The number of carbonyl (C=O) groups is 1. The van der Waals surface area contributed by atoms with Gasteiger partial charge in [-0.05, 0) is 99.9 Å². The number of rotatable bonds is 10. The fraction of sp³-hybridized carbons (Fsp3) is 0.360. The molecule has 0 atom stereocenters. The van der Waals surface area contributed by atoms with Gasteiger partial charge in [-0.3, -0.25) is 9.79 Å². The number of allylic oxidation sites excluding steroid dienone is 7. The SMILES string of the molecule is C=C(CC)C(=C\C/C=C\CC)/C=C(\C)NCC(C)=O.CN=Cc1cc(Br)c(O)c(Br)c1. The molecule has 0 fully saturated rings. The van der Waals surface area contributed by atoms with Gasteiger partial charge in [-0.15, -0.1) is 0 Å². The second-order valence-corrected chi connectivity index (χ2v) is 8.54. The number of hydrogen-bond donors (Lipinski definition) is 2. The summed E-state index contributed by atoms with van der Waals surface area (Å²) in [7, 11) is 1.70. The minimum absolute atomic E-state index is 0.137. The summed E-state index contributed by atoms with van der Waals surface area (Å²) in [6, 6.07) is 3.60. The number of carbonyl (C=O) groups excluding carboxylic acids is 1. The highest BCUT2D eigenvalue weighted by molar-refractivity contribution is 9.11. The lowest BCUT2D eigenvalue weighted by Gasteiger charge is -2.08. The molecule has 0 heterocycles. The van der Waals surface area contributed by atoms with Crippen molar-refractivity contribution in [3.63, 3.8) is 0 Å². The highest BCUT2D eigenvalue weighted by Crippen LogP contribution is 2.32. The highest BCUT2D eigenvalue weighted by atomic mass is 79.9. The largest absolute Gasteiger partial charge is 0.506 e. The van der Waals surface area contributed by atoms with Crippen LogP contribution in [0.4, 0.5) is 0 Å². The zero-order valence-electron chi connectivity index (χ0n) is 19.1. The molecule has 0 spiro atoms. The van der Waals surface area contributed by atoms with Crippen molar-refractivity contribution in [3.8, 4) is 5.75 Å². The Balaban J connectivity index is 0.000000639. The number of nitrogens with one attached hydrogen (secondary N) is 1. The second kappa shape index (κ2) is 16.7. The number of benzene rings is 1. The Kier molecular flexibility index (Phi) is 15.7. The molecule has 0 aliphatic carbocycles. The minimum atomic E-state index is 0.137. The molecule has 170 valence electrons. The third-order valence-electron chi connectivity index (χ3n) is 4.02. The van der Waals surface area contributed by atoms with Gasteiger partial charge in [-0.25, -0.2) is 0 Å². The van der Waals surface area contributed by atoms with E-state index in [1.54, 1.807) is 32.3 Å². The van der Waals surface area contributed by atoms with E-state index in [1.807, 2.05) is 6.92 Å². The first-order valence-corrected chi connectivity index (χ1v) is 11.8. The highest BCUT2D eigenvalue weighted by Gasteiger charge is 2.03. The lowest BCUT2D eigenvalue weighted by atomic mass is 10.0. The van der Waals surface area contributed by atoms with Gasteiger partial charge in [0.1, 0.15) is 11.5 Å². The Morgan fingerprint density at radius 3 is 2.29 bits per heavy atom. The molecule has 0 aromatic heterocycles. The van der Waals surface area contributed by atoms with Gasteiger partial charge in [0.15, 0.2) is 0 Å². The van der Waals surface area contributed by atoms with Crippen molar-refractivity contribution < 1.29 is 9.90 Å². The molecule has 0 bridgehead atoms. The first-order chi connectivity index (χ1) is 14.7. The van der Waals surface area contributed by atoms with E-state index in [0.29, 0.717) is 15.5 Å². The number of aliphatic imine (C=N–C) groups is 1. The summed E-state index contributed by atoms with van der Waals surface area (Å²) in [5, 5.41) is 12.5. The Morgan fingerprint density at radius 1 is 1.19 bits per heavy atom. The van der Waals surface area contributed by atoms with Crippen LogP contribution in [-0.4, -0.2) is 30.7 Å². The predicted octanol–water partition coefficient (Wildman–Crippen LogP) is 7.28.